The Labute approximate surface area is 137 Å². The van der Waals surface area contributed by atoms with Crippen molar-refractivity contribution >= 4 is 17.7 Å². The van der Waals surface area contributed by atoms with Gasteiger partial charge in [0.15, 0.2) is 0 Å². The number of carboxylic acids is 1. The van der Waals surface area contributed by atoms with Crippen molar-refractivity contribution in [2.75, 3.05) is 5.32 Å². The third kappa shape index (κ3) is 6.09. The Kier molecular flexibility index (Phi) is 6.43. The average Bonchev–Trinajstić information content (AvgIpc) is 2.49. The van der Waals surface area contributed by atoms with Crippen LogP contribution < -0.4 is 5.32 Å². The van der Waals surface area contributed by atoms with Crippen LogP contribution in [0.2, 0.25) is 0 Å². The van der Waals surface area contributed by atoms with E-state index >= 15 is 0 Å². The first-order valence-corrected chi connectivity index (χ1v) is 6.37. The number of anilines is 1. The molecule has 0 aliphatic carbocycles. The Morgan fingerprint density at radius 3 is 1.96 bits per heavy atom. The van der Waals surface area contributed by atoms with Crippen molar-refractivity contribution in [2.24, 2.45) is 0 Å². The number of halogens is 5. The van der Waals surface area contributed by atoms with E-state index in [1.807, 2.05) is 0 Å². The summed E-state index contributed by atoms with van der Waals surface area (Å²) >= 11 is 0. The highest BCUT2D eigenvalue weighted by molar-refractivity contribution is 5.90. The van der Waals surface area contributed by atoms with E-state index in [1.165, 1.54) is 24.3 Å². The summed E-state index contributed by atoms with van der Waals surface area (Å²) in [6.45, 7) is 0. The van der Waals surface area contributed by atoms with Crippen molar-refractivity contribution in [3.05, 3.63) is 54.1 Å². The van der Waals surface area contributed by atoms with Crippen LogP contribution in [-0.4, -0.2) is 28.5 Å². The molecule has 0 saturated heterocycles. The standard InChI is InChI=1S/C13H9F2NO2.C2HF3O2/c14-8-5-6-12(16-13(17)18)10(7-8)9-3-1-2-4-11(9)15;3-2(4,5)1(6)7/h1-7,16H,(H,17,18);(H,6,7). The van der Waals surface area contributed by atoms with E-state index in [0.717, 1.165) is 12.1 Å². The van der Waals surface area contributed by atoms with Crippen molar-refractivity contribution in [3.8, 4) is 11.1 Å². The topological polar surface area (TPSA) is 86.6 Å². The van der Waals surface area contributed by atoms with E-state index in [9.17, 15) is 26.7 Å². The van der Waals surface area contributed by atoms with Crippen molar-refractivity contribution in [2.45, 2.75) is 6.18 Å². The molecular formula is C15H10F5NO4. The number of nitrogens with one attached hydrogen (secondary N) is 1. The monoisotopic (exact) mass is 363 g/mol. The van der Waals surface area contributed by atoms with Gasteiger partial charge in [-0.3, -0.25) is 5.32 Å². The molecule has 3 N–H and O–H groups in total. The smallest absolute Gasteiger partial charge is 0.475 e. The van der Waals surface area contributed by atoms with E-state index in [-0.39, 0.29) is 16.8 Å². The second-order valence-corrected chi connectivity index (χ2v) is 4.40. The summed E-state index contributed by atoms with van der Waals surface area (Å²) in [5, 5.41) is 17.9. The molecule has 0 heterocycles. The fourth-order valence-corrected chi connectivity index (χ4v) is 1.64. The molecule has 10 heteroatoms. The number of carboxylic acid groups (broad SMARTS) is 2. The van der Waals surface area contributed by atoms with Crippen LogP contribution in [0.4, 0.5) is 32.4 Å². The molecule has 25 heavy (non-hydrogen) atoms. The number of alkyl halides is 3. The van der Waals surface area contributed by atoms with E-state index < -0.39 is 29.9 Å². The van der Waals surface area contributed by atoms with Crippen LogP contribution in [0.15, 0.2) is 42.5 Å². The number of hydrogen-bond acceptors (Lipinski definition) is 2. The zero-order valence-corrected chi connectivity index (χ0v) is 12.1. The molecule has 0 aromatic heterocycles. The zero-order valence-electron chi connectivity index (χ0n) is 12.1. The highest BCUT2D eigenvalue weighted by atomic mass is 19.4. The Morgan fingerprint density at radius 2 is 1.48 bits per heavy atom. The summed E-state index contributed by atoms with van der Waals surface area (Å²) in [5.74, 6) is -3.87. The zero-order chi connectivity index (χ0) is 19.2. The van der Waals surface area contributed by atoms with E-state index in [4.69, 9.17) is 15.0 Å². The minimum absolute atomic E-state index is 0.133. The fourth-order valence-electron chi connectivity index (χ4n) is 1.64. The first kappa shape index (κ1) is 19.9. The van der Waals surface area contributed by atoms with Crippen LogP contribution in [0.1, 0.15) is 0 Å². The number of carbonyl (C=O) groups is 2. The van der Waals surface area contributed by atoms with Crippen LogP contribution in [0.5, 0.6) is 0 Å². The Hall–Kier alpha value is -3.17. The predicted molar refractivity (Wildman–Crippen MR) is 77.1 cm³/mol. The maximum atomic E-state index is 13.6. The number of hydrogen-bond donors (Lipinski definition) is 3. The normalized spacial score (nSPS) is 10.4. The molecule has 0 spiro atoms. The maximum absolute atomic E-state index is 13.6. The van der Waals surface area contributed by atoms with E-state index in [1.54, 1.807) is 6.07 Å². The van der Waals surface area contributed by atoms with Gasteiger partial charge in [0.2, 0.25) is 0 Å². The van der Waals surface area contributed by atoms with Gasteiger partial charge in [0.1, 0.15) is 11.6 Å². The second kappa shape index (κ2) is 8.08. The molecular weight excluding hydrogens is 353 g/mol. The fraction of sp³-hybridized carbons (Fsp3) is 0.0667. The van der Waals surface area contributed by atoms with Crippen LogP contribution in [0, 0.1) is 11.6 Å². The van der Waals surface area contributed by atoms with Gasteiger partial charge in [0.25, 0.3) is 0 Å². The quantitative estimate of drug-likeness (QED) is 0.692. The number of aliphatic carboxylic acids is 1. The first-order chi connectivity index (χ1) is 11.5. The lowest BCUT2D eigenvalue weighted by atomic mass is 10.0. The van der Waals surface area contributed by atoms with Crippen LogP contribution in [0.3, 0.4) is 0 Å². The summed E-state index contributed by atoms with van der Waals surface area (Å²) in [5.41, 5.74) is 0.435. The van der Waals surface area contributed by atoms with E-state index in [2.05, 4.69) is 5.32 Å². The lowest BCUT2D eigenvalue weighted by Crippen LogP contribution is -2.21. The van der Waals surface area contributed by atoms with Gasteiger partial charge in [0, 0.05) is 11.1 Å². The van der Waals surface area contributed by atoms with Crippen molar-refractivity contribution in [1.82, 2.24) is 0 Å². The van der Waals surface area contributed by atoms with Gasteiger partial charge in [-0.25, -0.2) is 18.4 Å². The van der Waals surface area contributed by atoms with Gasteiger partial charge in [-0.05, 0) is 24.3 Å². The highest BCUT2D eigenvalue weighted by Gasteiger charge is 2.38. The van der Waals surface area contributed by atoms with Crippen LogP contribution >= 0.6 is 0 Å². The van der Waals surface area contributed by atoms with Gasteiger partial charge >= 0.3 is 18.2 Å². The minimum Gasteiger partial charge on any atom is -0.475 e. The lowest BCUT2D eigenvalue weighted by molar-refractivity contribution is -0.192. The summed E-state index contributed by atoms with van der Waals surface area (Å²) in [7, 11) is 0. The molecule has 5 nitrogen and oxygen atoms in total. The molecule has 2 rings (SSSR count). The summed E-state index contributed by atoms with van der Waals surface area (Å²) in [6.07, 6.45) is -6.38. The van der Waals surface area contributed by atoms with Crippen LogP contribution in [0.25, 0.3) is 11.1 Å². The number of amides is 1. The van der Waals surface area contributed by atoms with Gasteiger partial charge in [-0.1, -0.05) is 18.2 Å². The van der Waals surface area contributed by atoms with Gasteiger partial charge in [0.05, 0.1) is 5.69 Å². The molecule has 2 aromatic carbocycles. The van der Waals surface area contributed by atoms with Crippen molar-refractivity contribution in [1.29, 1.82) is 0 Å². The third-order valence-electron chi connectivity index (χ3n) is 2.63. The molecule has 1 amide bonds. The SMILES string of the molecule is O=C(O)C(F)(F)F.O=C(O)Nc1ccc(F)cc1-c1ccccc1F. The molecule has 0 saturated carbocycles. The lowest BCUT2D eigenvalue weighted by Gasteiger charge is -2.10. The Balaban J connectivity index is 0.000000381. The molecule has 2 aromatic rings. The molecule has 0 radical (unpaired) electrons. The molecule has 134 valence electrons. The summed E-state index contributed by atoms with van der Waals surface area (Å²) < 4.78 is 58.6. The second-order valence-electron chi connectivity index (χ2n) is 4.40. The molecule has 0 unspecified atom stereocenters. The van der Waals surface area contributed by atoms with Crippen LogP contribution in [-0.2, 0) is 4.79 Å². The largest absolute Gasteiger partial charge is 0.490 e. The number of rotatable bonds is 2. The average molecular weight is 363 g/mol. The number of benzene rings is 2. The highest BCUT2D eigenvalue weighted by Crippen LogP contribution is 2.30. The Bertz CT molecular complexity index is 777. The Morgan fingerprint density at radius 1 is 0.920 bits per heavy atom. The van der Waals surface area contributed by atoms with Gasteiger partial charge in [-0.2, -0.15) is 13.2 Å². The molecule has 0 bridgehead atoms. The van der Waals surface area contributed by atoms with Gasteiger partial charge < -0.3 is 10.2 Å². The van der Waals surface area contributed by atoms with Crippen molar-refractivity contribution < 1.29 is 41.8 Å². The molecule has 0 atom stereocenters. The summed E-state index contributed by atoms with van der Waals surface area (Å²) in [4.78, 5) is 19.5. The van der Waals surface area contributed by atoms with E-state index in [0.29, 0.717) is 0 Å². The predicted octanol–water partition coefficient (Wildman–Crippen LogP) is 4.36. The van der Waals surface area contributed by atoms with Gasteiger partial charge in [-0.15, -0.1) is 0 Å². The molecule has 0 aliphatic rings. The molecule has 0 aliphatic heterocycles. The minimum atomic E-state index is -5.08. The summed E-state index contributed by atoms with van der Waals surface area (Å²) in [6, 6.07) is 9.22. The first-order valence-electron chi connectivity index (χ1n) is 6.37. The molecule has 0 fully saturated rings. The van der Waals surface area contributed by atoms with Crippen molar-refractivity contribution in [3.63, 3.8) is 0 Å². The third-order valence-corrected chi connectivity index (χ3v) is 2.63. The maximum Gasteiger partial charge on any atom is 0.490 e.